The number of aryl methyl sites for hydroxylation is 1. The van der Waals surface area contributed by atoms with E-state index < -0.39 is 5.97 Å². The molecule has 1 aromatic carbocycles. The molecule has 0 aliphatic carbocycles. The molecule has 7 heteroatoms. The first-order valence-electron chi connectivity index (χ1n) is 7.28. The molecule has 116 valence electrons. The van der Waals surface area contributed by atoms with Gasteiger partial charge in [-0.3, -0.25) is 0 Å². The molecule has 6 nitrogen and oxygen atoms in total. The van der Waals surface area contributed by atoms with Crippen molar-refractivity contribution in [3.8, 4) is 0 Å². The molecule has 4 rings (SSSR count). The van der Waals surface area contributed by atoms with Crippen molar-refractivity contribution in [2.45, 2.75) is 13.3 Å². The molecule has 0 bridgehead atoms. The van der Waals surface area contributed by atoms with Crippen LogP contribution in [-0.4, -0.2) is 33.1 Å². The minimum atomic E-state index is -1.00. The first-order chi connectivity index (χ1) is 11.1. The lowest BCUT2D eigenvalue weighted by Gasteiger charge is -2.05. The van der Waals surface area contributed by atoms with Crippen LogP contribution < -0.4 is 5.32 Å². The SMILES string of the molecule is CCc1c(C(=O)O)ncc2[nH]c3ccc4sc(NC)nc4c3c12. The monoisotopic (exact) mass is 326 g/mol. The highest BCUT2D eigenvalue weighted by Gasteiger charge is 2.19. The Kier molecular flexibility index (Phi) is 2.99. The molecule has 0 radical (unpaired) electrons. The molecule has 0 fully saturated rings. The van der Waals surface area contributed by atoms with Crippen molar-refractivity contribution >= 4 is 54.5 Å². The van der Waals surface area contributed by atoms with Gasteiger partial charge in [-0.2, -0.15) is 0 Å². The van der Waals surface area contributed by atoms with Crippen molar-refractivity contribution in [2.75, 3.05) is 12.4 Å². The summed E-state index contributed by atoms with van der Waals surface area (Å²) < 4.78 is 1.07. The Morgan fingerprint density at radius 2 is 2.17 bits per heavy atom. The number of H-pyrrole nitrogens is 1. The zero-order chi connectivity index (χ0) is 16.1. The van der Waals surface area contributed by atoms with E-state index in [0.29, 0.717) is 6.42 Å². The summed E-state index contributed by atoms with van der Waals surface area (Å²) in [6.07, 6.45) is 2.19. The number of aromatic amines is 1. The molecule has 0 amide bonds. The second-order valence-electron chi connectivity index (χ2n) is 5.26. The molecule has 0 aliphatic rings. The molecule has 4 aromatic rings. The lowest BCUT2D eigenvalue weighted by Crippen LogP contribution is -2.05. The van der Waals surface area contributed by atoms with Crippen LogP contribution in [0.5, 0.6) is 0 Å². The molecule has 0 saturated heterocycles. The van der Waals surface area contributed by atoms with Gasteiger partial charge in [0.15, 0.2) is 10.8 Å². The number of thiazole rings is 1. The van der Waals surface area contributed by atoms with E-state index in [1.165, 1.54) is 0 Å². The number of aromatic carboxylic acids is 1. The van der Waals surface area contributed by atoms with Crippen molar-refractivity contribution in [3.63, 3.8) is 0 Å². The largest absolute Gasteiger partial charge is 0.477 e. The maximum atomic E-state index is 11.5. The fraction of sp³-hybridized carbons (Fsp3) is 0.188. The van der Waals surface area contributed by atoms with Crippen LogP contribution >= 0.6 is 11.3 Å². The van der Waals surface area contributed by atoms with Crippen molar-refractivity contribution < 1.29 is 9.90 Å². The van der Waals surface area contributed by atoms with Crippen LogP contribution in [0.3, 0.4) is 0 Å². The number of nitrogens with zero attached hydrogens (tertiary/aromatic N) is 2. The van der Waals surface area contributed by atoms with Crippen LogP contribution in [0.15, 0.2) is 18.3 Å². The quantitative estimate of drug-likeness (QED) is 0.535. The molecular weight excluding hydrogens is 312 g/mol. The van der Waals surface area contributed by atoms with Gasteiger partial charge >= 0.3 is 5.97 Å². The predicted octanol–water partition coefficient (Wildman–Crippen LogP) is 3.63. The number of pyridine rings is 1. The molecule has 0 unspecified atom stereocenters. The number of aromatic nitrogens is 3. The lowest BCUT2D eigenvalue weighted by molar-refractivity contribution is 0.0689. The Hall–Kier alpha value is -2.67. The summed E-state index contributed by atoms with van der Waals surface area (Å²) in [5.41, 5.74) is 3.53. The average molecular weight is 326 g/mol. The van der Waals surface area contributed by atoms with Gasteiger partial charge in [0.25, 0.3) is 0 Å². The average Bonchev–Trinajstić information content (AvgIpc) is 3.13. The summed E-state index contributed by atoms with van der Waals surface area (Å²) in [6, 6.07) is 4.04. The molecule has 3 heterocycles. The van der Waals surface area contributed by atoms with Crippen LogP contribution in [-0.2, 0) is 6.42 Å². The van der Waals surface area contributed by atoms with Gasteiger partial charge in [-0.25, -0.2) is 14.8 Å². The number of hydrogen-bond acceptors (Lipinski definition) is 5. The van der Waals surface area contributed by atoms with Crippen LogP contribution in [0.25, 0.3) is 32.0 Å². The van der Waals surface area contributed by atoms with E-state index >= 15 is 0 Å². The zero-order valence-corrected chi connectivity index (χ0v) is 13.4. The van der Waals surface area contributed by atoms with E-state index in [4.69, 9.17) is 0 Å². The van der Waals surface area contributed by atoms with E-state index in [2.05, 4.69) is 20.3 Å². The van der Waals surface area contributed by atoms with Gasteiger partial charge in [0, 0.05) is 23.3 Å². The molecule has 3 N–H and O–H groups in total. The maximum Gasteiger partial charge on any atom is 0.354 e. The number of rotatable bonds is 3. The molecule has 23 heavy (non-hydrogen) atoms. The van der Waals surface area contributed by atoms with Crippen LogP contribution in [0, 0.1) is 0 Å². The fourth-order valence-electron chi connectivity index (χ4n) is 3.06. The first-order valence-corrected chi connectivity index (χ1v) is 8.09. The smallest absolute Gasteiger partial charge is 0.354 e. The first kappa shape index (κ1) is 14.0. The third-order valence-electron chi connectivity index (χ3n) is 4.03. The van der Waals surface area contributed by atoms with Crippen molar-refractivity contribution in [3.05, 3.63) is 29.6 Å². The Balaban J connectivity index is 2.24. The molecule has 3 aromatic heterocycles. The Morgan fingerprint density at radius 1 is 1.35 bits per heavy atom. The second-order valence-corrected chi connectivity index (χ2v) is 6.29. The van der Waals surface area contributed by atoms with Gasteiger partial charge in [0.1, 0.15) is 0 Å². The highest BCUT2D eigenvalue weighted by molar-refractivity contribution is 7.22. The third kappa shape index (κ3) is 1.90. The number of nitrogens with one attached hydrogen (secondary N) is 2. The van der Waals surface area contributed by atoms with Crippen LogP contribution in [0.1, 0.15) is 23.0 Å². The molecule has 0 spiro atoms. The summed E-state index contributed by atoms with van der Waals surface area (Å²) in [4.78, 5) is 23.6. The van der Waals surface area contributed by atoms with Gasteiger partial charge in [-0.15, -0.1) is 0 Å². The summed E-state index contributed by atoms with van der Waals surface area (Å²) in [5, 5.41) is 15.2. The third-order valence-corrected chi connectivity index (χ3v) is 5.07. The van der Waals surface area contributed by atoms with Crippen LogP contribution in [0.2, 0.25) is 0 Å². The maximum absolute atomic E-state index is 11.5. The zero-order valence-electron chi connectivity index (χ0n) is 12.6. The van der Waals surface area contributed by atoms with Gasteiger partial charge in [-0.05, 0) is 24.1 Å². The van der Waals surface area contributed by atoms with E-state index in [0.717, 1.165) is 42.7 Å². The highest BCUT2D eigenvalue weighted by atomic mass is 32.1. The molecule has 0 atom stereocenters. The minimum Gasteiger partial charge on any atom is -0.477 e. The van der Waals surface area contributed by atoms with E-state index in [-0.39, 0.29) is 5.69 Å². The Morgan fingerprint density at radius 3 is 2.87 bits per heavy atom. The van der Waals surface area contributed by atoms with E-state index in [1.807, 2.05) is 26.1 Å². The number of anilines is 1. The van der Waals surface area contributed by atoms with Gasteiger partial charge in [0.05, 0.1) is 21.9 Å². The summed E-state index contributed by atoms with van der Waals surface area (Å²) >= 11 is 1.58. The second kappa shape index (κ2) is 4.92. The molecule has 0 saturated carbocycles. The summed E-state index contributed by atoms with van der Waals surface area (Å²) in [6.45, 7) is 1.95. The van der Waals surface area contributed by atoms with Gasteiger partial charge in [-0.1, -0.05) is 18.3 Å². The lowest BCUT2D eigenvalue weighted by atomic mass is 10.0. The highest BCUT2D eigenvalue weighted by Crippen LogP contribution is 2.37. The van der Waals surface area contributed by atoms with Gasteiger partial charge < -0.3 is 15.4 Å². The van der Waals surface area contributed by atoms with Crippen molar-refractivity contribution in [2.24, 2.45) is 0 Å². The van der Waals surface area contributed by atoms with Gasteiger partial charge in [0.2, 0.25) is 0 Å². The van der Waals surface area contributed by atoms with E-state index in [9.17, 15) is 9.90 Å². The Labute approximate surface area is 135 Å². The summed E-state index contributed by atoms with van der Waals surface area (Å²) in [5.74, 6) is -1.00. The fourth-order valence-corrected chi connectivity index (χ4v) is 3.89. The van der Waals surface area contributed by atoms with E-state index in [1.54, 1.807) is 17.5 Å². The van der Waals surface area contributed by atoms with Crippen molar-refractivity contribution in [1.82, 2.24) is 15.0 Å². The number of fused-ring (bicyclic) bond motifs is 5. The topological polar surface area (TPSA) is 90.9 Å². The number of carboxylic acid groups (broad SMARTS) is 1. The normalized spacial score (nSPS) is 11.6. The number of benzene rings is 1. The standard InChI is InChI=1S/C16H14N4O2S/c1-3-7-11-9(6-18-13(7)15(21)22)19-8-4-5-10-14(12(8)11)20-16(17-2)23-10/h4-6,19H,3H2,1-2H3,(H,17,20)(H,21,22). The number of carbonyl (C=O) groups is 1. The summed E-state index contributed by atoms with van der Waals surface area (Å²) in [7, 11) is 1.84. The molecular formula is C16H14N4O2S. The number of hydrogen-bond donors (Lipinski definition) is 3. The Bertz CT molecular complexity index is 1080. The van der Waals surface area contributed by atoms with Crippen molar-refractivity contribution in [1.29, 1.82) is 0 Å². The molecule has 0 aliphatic heterocycles. The predicted molar refractivity (Wildman–Crippen MR) is 92.7 cm³/mol. The number of carboxylic acids is 1. The minimum absolute atomic E-state index is 0.113. The van der Waals surface area contributed by atoms with Crippen LogP contribution in [0.4, 0.5) is 5.13 Å².